The van der Waals surface area contributed by atoms with Crippen molar-refractivity contribution in [1.82, 2.24) is 29.4 Å². The molecule has 2 aliphatic heterocycles. The van der Waals surface area contributed by atoms with Gasteiger partial charge in [-0.3, -0.25) is 9.36 Å². The molecule has 11 heteroatoms. The average molecular weight is 622 g/mol. The van der Waals surface area contributed by atoms with Gasteiger partial charge >= 0.3 is 0 Å². The number of carbonyl (C=O) groups excluding carboxylic acids is 1. The predicted molar refractivity (Wildman–Crippen MR) is 173 cm³/mol. The van der Waals surface area contributed by atoms with Gasteiger partial charge in [-0.15, -0.1) is 0 Å². The number of benzene rings is 2. The van der Waals surface area contributed by atoms with Crippen LogP contribution in [0.2, 0.25) is 0 Å². The van der Waals surface area contributed by atoms with Gasteiger partial charge in [0.15, 0.2) is 35.1 Å². The number of imidazole rings is 1. The molecule has 8 rings (SSSR count). The van der Waals surface area contributed by atoms with E-state index in [0.29, 0.717) is 23.5 Å². The number of fused-ring (bicyclic) bond motifs is 3. The standard InChI is InChI=1S/C35H39N7O4/c1-20-9-10-21(2)23(15-20)17-41-16-22(25-7-5-6-8-26(25)41)13-14-36-31-27-32(38-18-37-31)42(19-39-27)34-30-28(45-35(3,4)46-30)29(44-34)33(43)40-24-11-12-24/h5-10,15-16,18-19,24,28-30,34H,11-14,17H2,1-4H3,(H,40,43)(H,36,37,38)/t28-,29+,30-,34-/m1/s1. The molecular formula is C35H39N7O4. The van der Waals surface area contributed by atoms with Crippen LogP contribution < -0.4 is 10.6 Å². The van der Waals surface area contributed by atoms with Crippen molar-refractivity contribution in [3.63, 3.8) is 0 Å². The first-order valence-electron chi connectivity index (χ1n) is 16.1. The topological polar surface area (TPSA) is 117 Å². The Labute approximate surface area is 267 Å². The Hall–Kier alpha value is -4.32. The van der Waals surface area contributed by atoms with Gasteiger partial charge in [-0.05, 0) is 69.7 Å². The van der Waals surface area contributed by atoms with Crippen molar-refractivity contribution in [2.75, 3.05) is 11.9 Å². The second kappa shape index (κ2) is 11.2. The second-order valence-electron chi connectivity index (χ2n) is 13.2. The minimum atomic E-state index is -0.838. The molecule has 3 aromatic heterocycles. The van der Waals surface area contributed by atoms with E-state index in [2.05, 4.69) is 92.7 Å². The summed E-state index contributed by atoms with van der Waals surface area (Å²) in [6, 6.07) is 15.4. The van der Waals surface area contributed by atoms with Crippen molar-refractivity contribution in [3.8, 4) is 0 Å². The van der Waals surface area contributed by atoms with Crippen molar-refractivity contribution < 1.29 is 19.0 Å². The number of nitrogens with zero attached hydrogens (tertiary/aromatic N) is 5. The monoisotopic (exact) mass is 621 g/mol. The molecule has 1 saturated carbocycles. The first kappa shape index (κ1) is 29.1. The first-order chi connectivity index (χ1) is 22.2. The molecule has 2 saturated heterocycles. The molecule has 0 unspecified atom stereocenters. The Kier molecular flexibility index (Phi) is 7.08. The van der Waals surface area contributed by atoms with Crippen LogP contribution in [-0.4, -0.2) is 66.7 Å². The summed E-state index contributed by atoms with van der Waals surface area (Å²) >= 11 is 0. The van der Waals surface area contributed by atoms with E-state index in [1.165, 1.54) is 39.5 Å². The Morgan fingerprint density at radius 3 is 2.70 bits per heavy atom. The molecule has 2 aromatic carbocycles. The fourth-order valence-corrected chi connectivity index (χ4v) is 6.81. The molecular weight excluding hydrogens is 582 g/mol. The Morgan fingerprint density at radius 2 is 1.85 bits per heavy atom. The number of rotatable bonds is 9. The summed E-state index contributed by atoms with van der Waals surface area (Å²) < 4.78 is 22.9. The van der Waals surface area contributed by atoms with Gasteiger partial charge in [-0.1, -0.05) is 42.0 Å². The molecule has 5 aromatic rings. The average Bonchev–Trinajstić information content (AvgIpc) is 3.33. The highest BCUT2D eigenvalue weighted by molar-refractivity contribution is 5.85. The minimum Gasteiger partial charge on any atom is -0.368 e. The van der Waals surface area contributed by atoms with E-state index in [9.17, 15) is 4.79 Å². The summed E-state index contributed by atoms with van der Waals surface area (Å²) in [4.78, 5) is 26.9. The lowest BCUT2D eigenvalue weighted by Gasteiger charge is -2.24. The van der Waals surface area contributed by atoms with Crippen LogP contribution in [0.3, 0.4) is 0 Å². The minimum absolute atomic E-state index is 0.168. The number of amides is 1. The lowest BCUT2D eigenvalue weighted by atomic mass is 10.1. The van der Waals surface area contributed by atoms with Crippen molar-refractivity contribution >= 4 is 33.8 Å². The van der Waals surface area contributed by atoms with Gasteiger partial charge in [0.2, 0.25) is 0 Å². The van der Waals surface area contributed by atoms with E-state index >= 15 is 0 Å². The molecule has 0 spiro atoms. The fourth-order valence-electron chi connectivity index (χ4n) is 6.81. The van der Waals surface area contributed by atoms with Crippen molar-refractivity contribution in [3.05, 3.63) is 83.6 Å². The molecule has 4 atom stereocenters. The Morgan fingerprint density at radius 1 is 1.02 bits per heavy atom. The number of aryl methyl sites for hydroxylation is 2. The van der Waals surface area contributed by atoms with E-state index < -0.39 is 30.3 Å². The number of aromatic nitrogens is 5. The second-order valence-corrected chi connectivity index (χ2v) is 13.2. The smallest absolute Gasteiger partial charge is 0.252 e. The molecule has 3 fully saturated rings. The quantitative estimate of drug-likeness (QED) is 0.241. The molecule has 46 heavy (non-hydrogen) atoms. The van der Waals surface area contributed by atoms with Crippen molar-refractivity contribution in [2.24, 2.45) is 0 Å². The van der Waals surface area contributed by atoms with Crippen molar-refractivity contribution in [2.45, 2.75) is 89.9 Å². The lowest BCUT2D eigenvalue weighted by Crippen LogP contribution is -2.43. The highest BCUT2D eigenvalue weighted by Gasteiger charge is 2.58. The summed E-state index contributed by atoms with van der Waals surface area (Å²) in [6.07, 6.45) is 5.83. The molecule has 1 aliphatic carbocycles. The van der Waals surface area contributed by atoms with E-state index in [1.807, 2.05) is 18.4 Å². The van der Waals surface area contributed by atoms with Crippen LogP contribution in [0.15, 0.2) is 61.3 Å². The van der Waals surface area contributed by atoms with E-state index in [0.717, 1.165) is 25.8 Å². The third-order valence-corrected chi connectivity index (χ3v) is 9.25. The fraction of sp³-hybridized carbons (Fsp3) is 0.429. The number of hydrogen-bond donors (Lipinski definition) is 2. The van der Waals surface area contributed by atoms with Gasteiger partial charge in [0, 0.05) is 36.2 Å². The van der Waals surface area contributed by atoms with E-state index in [-0.39, 0.29) is 11.9 Å². The van der Waals surface area contributed by atoms with Crippen molar-refractivity contribution in [1.29, 1.82) is 0 Å². The van der Waals surface area contributed by atoms with Crippen LogP contribution in [0.25, 0.3) is 22.1 Å². The number of ether oxygens (including phenoxy) is 3. The van der Waals surface area contributed by atoms with Gasteiger partial charge in [0.1, 0.15) is 18.5 Å². The maximum absolute atomic E-state index is 13.1. The summed E-state index contributed by atoms with van der Waals surface area (Å²) in [6.45, 7) is 9.51. The van der Waals surface area contributed by atoms with E-state index in [4.69, 9.17) is 14.2 Å². The molecule has 11 nitrogen and oxygen atoms in total. The molecule has 0 bridgehead atoms. The zero-order valence-electron chi connectivity index (χ0n) is 26.6. The predicted octanol–water partition coefficient (Wildman–Crippen LogP) is 4.80. The SMILES string of the molecule is Cc1ccc(C)c(Cn2cc(CCNc3ncnc4c3ncn4[C@@H]3O[C@H](C(=O)NC4CC4)[C@H]4OC(C)(C)O[C@H]43)c3ccccc32)c1. The van der Waals surface area contributed by atoms with Gasteiger partial charge in [0.05, 0.1) is 6.33 Å². The molecule has 3 aliphatic rings. The van der Waals surface area contributed by atoms with E-state index in [1.54, 1.807) is 6.33 Å². The Balaban J connectivity index is 1.01. The molecule has 238 valence electrons. The molecule has 0 radical (unpaired) electrons. The van der Waals surface area contributed by atoms with Crippen LogP contribution in [0, 0.1) is 13.8 Å². The largest absolute Gasteiger partial charge is 0.368 e. The van der Waals surface area contributed by atoms with Crippen LogP contribution in [-0.2, 0) is 32.0 Å². The lowest BCUT2D eigenvalue weighted by molar-refractivity contribution is -0.197. The summed E-state index contributed by atoms with van der Waals surface area (Å²) in [5, 5.41) is 7.80. The molecule has 1 amide bonds. The number of carbonyl (C=O) groups is 1. The van der Waals surface area contributed by atoms with Gasteiger partial charge in [-0.25, -0.2) is 15.0 Å². The van der Waals surface area contributed by atoms with Gasteiger partial charge in [0.25, 0.3) is 5.91 Å². The number of anilines is 1. The third-order valence-electron chi connectivity index (χ3n) is 9.25. The number of hydrogen-bond acceptors (Lipinski definition) is 8. The number of nitrogens with one attached hydrogen (secondary N) is 2. The highest BCUT2D eigenvalue weighted by atomic mass is 16.8. The van der Waals surface area contributed by atoms with Crippen LogP contribution in [0.4, 0.5) is 5.82 Å². The normalized spacial score (nSPS) is 23.7. The van der Waals surface area contributed by atoms with Gasteiger partial charge in [-0.2, -0.15) is 0 Å². The zero-order valence-corrected chi connectivity index (χ0v) is 26.6. The summed E-state index contributed by atoms with van der Waals surface area (Å²) in [5.41, 5.74) is 7.62. The summed E-state index contributed by atoms with van der Waals surface area (Å²) in [5.74, 6) is -0.363. The maximum Gasteiger partial charge on any atom is 0.252 e. The summed E-state index contributed by atoms with van der Waals surface area (Å²) in [7, 11) is 0. The molecule has 2 N–H and O–H groups in total. The third kappa shape index (κ3) is 5.32. The first-order valence-corrected chi connectivity index (χ1v) is 16.1. The van der Waals surface area contributed by atoms with Gasteiger partial charge < -0.3 is 29.4 Å². The number of para-hydroxylation sites is 1. The van der Waals surface area contributed by atoms with Crippen LogP contribution in [0.5, 0.6) is 0 Å². The van der Waals surface area contributed by atoms with Crippen LogP contribution in [0.1, 0.15) is 55.2 Å². The highest BCUT2D eigenvalue weighted by Crippen LogP contribution is 2.44. The zero-order chi connectivity index (χ0) is 31.6. The Bertz CT molecular complexity index is 1940. The maximum atomic E-state index is 13.1. The molecule has 5 heterocycles. The van der Waals surface area contributed by atoms with Crippen LogP contribution >= 0.6 is 0 Å².